The summed E-state index contributed by atoms with van der Waals surface area (Å²) in [5, 5.41) is 9.52. The number of rotatable bonds is 0. The number of allylic oxidation sites excluding steroid dienone is 2. The average Bonchev–Trinajstić information content (AvgIpc) is 2.33. The van der Waals surface area contributed by atoms with Gasteiger partial charge in [0, 0.05) is 13.8 Å². The lowest BCUT2D eigenvalue weighted by atomic mass is 10.3. The quantitative estimate of drug-likeness (QED) is 0.692. The van der Waals surface area contributed by atoms with Gasteiger partial charge in [-0.3, -0.25) is 0 Å². The van der Waals surface area contributed by atoms with E-state index < -0.39 is 5.79 Å². The molecular weight excluding hydrogens is 271 g/mol. The molecule has 1 heterocycles. The van der Waals surface area contributed by atoms with E-state index in [2.05, 4.69) is 22.6 Å². The summed E-state index contributed by atoms with van der Waals surface area (Å²) in [6.45, 7) is 3.65. The van der Waals surface area contributed by atoms with E-state index >= 15 is 0 Å². The van der Waals surface area contributed by atoms with Crippen LogP contribution in [0.15, 0.2) is 21.2 Å². The Hall–Kier alpha value is -0.230. The van der Waals surface area contributed by atoms with Gasteiger partial charge in [0.05, 0.1) is 3.58 Å². The smallest absolute Gasteiger partial charge is 0.205 e. The molecule has 0 amide bonds. The molecule has 1 fully saturated rings. The molecule has 0 aromatic heterocycles. The van der Waals surface area contributed by atoms with Gasteiger partial charge in [-0.25, -0.2) is 0 Å². The lowest BCUT2D eigenvalue weighted by Gasteiger charge is -2.16. The topological polar surface area (TPSA) is 38.7 Å². The fourth-order valence-electron chi connectivity index (χ4n) is 1.32. The van der Waals surface area contributed by atoms with Gasteiger partial charge in [0.25, 0.3) is 0 Å². The van der Waals surface area contributed by atoms with Crippen molar-refractivity contribution < 1.29 is 14.6 Å². The first kappa shape index (κ1) is 8.37. The van der Waals surface area contributed by atoms with Crippen LogP contribution in [-0.2, 0) is 9.47 Å². The minimum Gasteiger partial charge on any atom is -0.508 e. The summed E-state index contributed by atoms with van der Waals surface area (Å²) in [5.41, 5.74) is 0. The van der Waals surface area contributed by atoms with Crippen LogP contribution in [0.5, 0.6) is 0 Å². The van der Waals surface area contributed by atoms with E-state index in [9.17, 15) is 5.11 Å². The van der Waals surface area contributed by atoms with Gasteiger partial charge in [0.15, 0.2) is 6.10 Å². The van der Waals surface area contributed by atoms with Crippen LogP contribution < -0.4 is 0 Å². The van der Waals surface area contributed by atoms with Crippen LogP contribution in [0.1, 0.15) is 13.8 Å². The maximum absolute atomic E-state index is 9.52. The summed E-state index contributed by atoms with van der Waals surface area (Å²) in [6.07, 6.45) is 1.43. The third-order valence-corrected chi connectivity index (χ3v) is 2.65. The molecule has 4 heteroatoms. The van der Waals surface area contributed by atoms with E-state index in [0.29, 0.717) is 5.76 Å². The van der Waals surface area contributed by atoms with E-state index in [4.69, 9.17) is 9.47 Å². The summed E-state index contributed by atoms with van der Waals surface area (Å²) < 4.78 is 11.7. The third kappa shape index (κ3) is 1.13. The van der Waals surface area contributed by atoms with E-state index in [1.165, 1.54) is 0 Å². The molecule has 12 heavy (non-hydrogen) atoms. The second-order valence-electron chi connectivity index (χ2n) is 3.28. The Morgan fingerprint density at radius 3 is 2.83 bits per heavy atom. The molecule has 0 aromatic carbocycles. The lowest BCUT2D eigenvalue weighted by Crippen LogP contribution is -2.22. The highest BCUT2D eigenvalue weighted by Gasteiger charge is 2.43. The molecule has 0 saturated carbocycles. The summed E-state index contributed by atoms with van der Waals surface area (Å²) in [7, 11) is 0. The SMILES string of the molecule is CC1(C)OC2=CC(I)=C(O)[C@@H]2O1. The van der Waals surface area contributed by atoms with Gasteiger partial charge < -0.3 is 14.6 Å². The lowest BCUT2D eigenvalue weighted by molar-refractivity contribution is -0.132. The molecular formula is C8H9IO3. The molecule has 1 aliphatic carbocycles. The van der Waals surface area contributed by atoms with E-state index in [0.717, 1.165) is 3.58 Å². The Balaban J connectivity index is 2.29. The highest BCUT2D eigenvalue weighted by molar-refractivity contribution is 14.1. The van der Waals surface area contributed by atoms with Gasteiger partial charge in [-0.1, -0.05) is 0 Å². The Kier molecular flexibility index (Phi) is 1.66. The summed E-state index contributed by atoms with van der Waals surface area (Å²) in [4.78, 5) is 0. The molecule has 0 aromatic rings. The maximum Gasteiger partial charge on any atom is 0.205 e. The molecule has 66 valence electrons. The molecule has 1 aliphatic heterocycles. The number of hydrogen-bond donors (Lipinski definition) is 1. The van der Waals surface area contributed by atoms with Crippen molar-refractivity contribution in [3.63, 3.8) is 0 Å². The zero-order valence-electron chi connectivity index (χ0n) is 6.80. The van der Waals surface area contributed by atoms with Crippen molar-refractivity contribution in [2.75, 3.05) is 0 Å². The minimum absolute atomic E-state index is 0.260. The van der Waals surface area contributed by atoms with Crippen molar-refractivity contribution in [3.05, 3.63) is 21.2 Å². The third-order valence-electron chi connectivity index (χ3n) is 1.79. The number of fused-ring (bicyclic) bond motifs is 1. The van der Waals surface area contributed by atoms with Gasteiger partial charge in [-0.05, 0) is 28.7 Å². The van der Waals surface area contributed by atoms with Crippen LogP contribution in [0, 0.1) is 0 Å². The van der Waals surface area contributed by atoms with Crippen LogP contribution in [0.2, 0.25) is 0 Å². The van der Waals surface area contributed by atoms with Gasteiger partial charge in [0.2, 0.25) is 5.79 Å². The zero-order valence-corrected chi connectivity index (χ0v) is 8.95. The van der Waals surface area contributed by atoms with Crippen molar-refractivity contribution in [2.45, 2.75) is 25.7 Å². The normalized spacial score (nSPS) is 31.6. The van der Waals surface area contributed by atoms with Gasteiger partial charge in [-0.15, -0.1) is 0 Å². The summed E-state index contributed by atoms with van der Waals surface area (Å²) in [5.74, 6) is 0.361. The molecule has 0 bridgehead atoms. The number of ether oxygens (including phenoxy) is 2. The second kappa shape index (κ2) is 2.38. The van der Waals surface area contributed by atoms with Crippen LogP contribution >= 0.6 is 22.6 Å². The van der Waals surface area contributed by atoms with Gasteiger partial charge >= 0.3 is 0 Å². The van der Waals surface area contributed by atoms with E-state index in [-0.39, 0.29) is 11.9 Å². The number of halogens is 1. The Morgan fingerprint density at radius 2 is 2.25 bits per heavy atom. The van der Waals surface area contributed by atoms with E-state index in [1.807, 2.05) is 13.8 Å². The largest absolute Gasteiger partial charge is 0.508 e. The number of hydrogen-bond acceptors (Lipinski definition) is 3. The van der Waals surface area contributed by atoms with Crippen LogP contribution in [-0.4, -0.2) is 17.0 Å². The van der Waals surface area contributed by atoms with E-state index in [1.54, 1.807) is 6.08 Å². The molecule has 0 spiro atoms. The first-order valence-corrected chi connectivity index (χ1v) is 4.74. The minimum atomic E-state index is -0.609. The highest BCUT2D eigenvalue weighted by atomic mass is 127. The molecule has 2 aliphatic rings. The molecule has 1 N–H and O–H groups in total. The Bertz CT molecular complexity index is 291. The van der Waals surface area contributed by atoms with Crippen molar-refractivity contribution in [2.24, 2.45) is 0 Å². The first-order valence-electron chi connectivity index (χ1n) is 3.67. The first-order chi connectivity index (χ1) is 5.49. The molecule has 0 unspecified atom stereocenters. The molecule has 1 saturated heterocycles. The van der Waals surface area contributed by atoms with Gasteiger partial charge in [-0.2, -0.15) is 0 Å². The van der Waals surface area contributed by atoms with Crippen molar-refractivity contribution >= 4 is 22.6 Å². The fourth-order valence-corrected chi connectivity index (χ4v) is 1.91. The Morgan fingerprint density at radius 1 is 1.58 bits per heavy atom. The molecule has 3 nitrogen and oxygen atoms in total. The zero-order chi connectivity index (χ0) is 8.93. The van der Waals surface area contributed by atoms with Crippen LogP contribution in [0.25, 0.3) is 0 Å². The van der Waals surface area contributed by atoms with Crippen molar-refractivity contribution in [1.82, 2.24) is 0 Å². The highest BCUT2D eigenvalue weighted by Crippen LogP contribution is 2.41. The number of aliphatic hydroxyl groups is 1. The monoisotopic (exact) mass is 280 g/mol. The Labute approximate surface area is 84.2 Å². The second-order valence-corrected chi connectivity index (χ2v) is 4.44. The van der Waals surface area contributed by atoms with Crippen molar-refractivity contribution in [3.8, 4) is 0 Å². The predicted molar refractivity (Wildman–Crippen MR) is 51.8 cm³/mol. The molecule has 2 rings (SSSR count). The van der Waals surface area contributed by atoms with Crippen LogP contribution in [0.4, 0.5) is 0 Å². The molecule has 0 radical (unpaired) electrons. The summed E-state index contributed by atoms with van der Waals surface area (Å²) >= 11 is 2.05. The number of aliphatic hydroxyl groups excluding tert-OH is 1. The maximum atomic E-state index is 9.52. The fraction of sp³-hybridized carbons (Fsp3) is 0.500. The standard InChI is InChI=1S/C8H9IO3/c1-8(2)11-5-3-4(9)6(10)7(5)12-8/h3,7,10H,1-2H3/t7-/m1/s1. The molecule has 1 atom stereocenters. The predicted octanol–water partition coefficient (Wildman–Crippen LogP) is 2.24. The summed E-state index contributed by atoms with van der Waals surface area (Å²) in [6, 6.07) is 0. The van der Waals surface area contributed by atoms with Gasteiger partial charge in [0.1, 0.15) is 11.5 Å². The average molecular weight is 280 g/mol. The van der Waals surface area contributed by atoms with Crippen molar-refractivity contribution in [1.29, 1.82) is 0 Å². The van der Waals surface area contributed by atoms with Crippen LogP contribution in [0.3, 0.4) is 0 Å².